The fourth-order valence-corrected chi connectivity index (χ4v) is 2.80. The van der Waals surface area contributed by atoms with Gasteiger partial charge in [-0.3, -0.25) is 4.90 Å². The highest BCUT2D eigenvalue weighted by Gasteiger charge is 2.23. The number of phenolic OH excluding ortho intramolecular Hbond substituents is 1. The van der Waals surface area contributed by atoms with Gasteiger partial charge in [-0.15, -0.1) is 0 Å². The van der Waals surface area contributed by atoms with Crippen molar-refractivity contribution in [2.24, 2.45) is 0 Å². The number of hydrogen-bond acceptors (Lipinski definition) is 2. The van der Waals surface area contributed by atoms with E-state index in [0.717, 1.165) is 6.42 Å². The number of nitrogens with zero attached hydrogens (tertiary/aromatic N) is 1. The standard InChI is InChI=1S/C15H23NO/c1-3-4-10-16(2)15-7-5-6-12-11-13(17)8-9-14(12)15/h8-9,11,15,17H,3-7,10H2,1-2H3. The second-order valence-electron chi connectivity index (χ2n) is 5.13. The number of phenols is 1. The molecule has 1 unspecified atom stereocenters. The van der Waals surface area contributed by atoms with E-state index in [4.69, 9.17) is 0 Å². The van der Waals surface area contributed by atoms with Crippen LogP contribution in [0.2, 0.25) is 0 Å². The number of aryl methyl sites for hydroxylation is 1. The lowest BCUT2D eigenvalue weighted by molar-refractivity contribution is 0.218. The van der Waals surface area contributed by atoms with Crippen LogP contribution in [0.4, 0.5) is 0 Å². The molecule has 1 aromatic rings. The topological polar surface area (TPSA) is 23.5 Å². The third-order valence-electron chi connectivity index (χ3n) is 3.81. The Morgan fingerprint density at radius 1 is 1.41 bits per heavy atom. The first-order valence-electron chi connectivity index (χ1n) is 6.74. The lowest BCUT2D eigenvalue weighted by atomic mass is 9.86. The summed E-state index contributed by atoms with van der Waals surface area (Å²) in [4.78, 5) is 2.47. The Morgan fingerprint density at radius 3 is 3.00 bits per heavy atom. The smallest absolute Gasteiger partial charge is 0.115 e. The van der Waals surface area contributed by atoms with Crippen LogP contribution in [0.3, 0.4) is 0 Å². The molecule has 0 fully saturated rings. The van der Waals surface area contributed by atoms with Crippen molar-refractivity contribution >= 4 is 0 Å². The van der Waals surface area contributed by atoms with E-state index in [1.54, 1.807) is 0 Å². The Bertz CT molecular complexity index is 375. The zero-order valence-corrected chi connectivity index (χ0v) is 10.9. The minimum absolute atomic E-state index is 0.403. The molecular formula is C15H23NO. The van der Waals surface area contributed by atoms with Gasteiger partial charge in [-0.1, -0.05) is 19.4 Å². The Morgan fingerprint density at radius 2 is 2.24 bits per heavy atom. The largest absolute Gasteiger partial charge is 0.508 e. The molecule has 0 amide bonds. The van der Waals surface area contributed by atoms with Crippen LogP contribution < -0.4 is 0 Å². The zero-order chi connectivity index (χ0) is 12.3. The fraction of sp³-hybridized carbons (Fsp3) is 0.600. The van der Waals surface area contributed by atoms with Crippen molar-refractivity contribution in [2.75, 3.05) is 13.6 Å². The van der Waals surface area contributed by atoms with Crippen LogP contribution in [0.1, 0.15) is 49.8 Å². The van der Waals surface area contributed by atoms with Crippen molar-refractivity contribution in [2.45, 2.75) is 45.1 Å². The van der Waals surface area contributed by atoms with Crippen molar-refractivity contribution < 1.29 is 5.11 Å². The van der Waals surface area contributed by atoms with Crippen molar-refractivity contribution in [1.29, 1.82) is 0 Å². The van der Waals surface area contributed by atoms with Crippen LogP contribution in [0, 0.1) is 0 Å². The molecule has 0 aromatic heterocycles. The average Bonchev–Trinajstić information content (AvgIpc) is 2.34. The van der Waals surface area contributed by atoms with E-state index >= 15 is 0 Å². The summed E-state index contributed by atoms with van der Waals surface area (Å²) in [7, 11) is 2.22. The van der Waals surface area contributed by atoms with Gasteiger partial charge in [0.25, 0.3) is 0 Å². The van der Waals surface area contributed by atoms with E-state index in [2.05, 4.69) is 24.9 Å². The molecule has 0 saturated carbocycles. The number of benzene rings is 1. The summed E-state index contributed by atoms with van der Waals surface area (Å²) in [6.07, 6.45) is 6.11. The van der Waals surface area contributed by atoms with E-state index in [1.165, 1.54) is 43.4 Å². The minimum atomic E-state index is 0.403. The third kappa shape index (κ3) is 2.81. The maximum Gasteiger partial charge on any atom is 0.115 e. The third-order valence-corrected chi connectivity index (χ3v) is 3.81. The van der Waals surface area contributed by atoms with Gasteiger partial charge >= 0.3 is 0 Å². The number of fused-ring (bicyclic) bond motifs is 1. The highest BCUT2D eigenvalue weighted by atomic mass is 16.3. The molecule has 0 heterocycles. The normalized spacial score (nSPS) is 19.4. The first kappa shape index (κ1) is 12.4. The minimum Gasteiger partial charge on any atom is -0.508 e. The maximum atomic E-state index is 9.54. The van der Waals surface area contributed by atoms with E-state index in [9.17, 15) is 5.11 Å². The van der Waals surface area contributed by atoms with Gasteiger partial charge in [0.1, 0.15) is 5.75 Å². The summed E-state index contributed by atoms with van der Waals surface area (Å²) in [5, 5.41) is 9.54. The van der Waals surface area contributed by atoms with Gasteiger partial charge in [0.15, 0.2) is 0 Å². The number of aromatic hydroxyl groups is 1. The molecule has 2 heteroatoms. The van der Waals surface area contributed by atoms with Gasteiger partial charge in [-0.05, 0) is 62.5 Å². The molecule has 2 nitrogen and oxygen atoms in total. The van der Waals surface area contributed by atoms with E-state index < -0.39 is 0 Å². The molecule has 1 aliphatic rings. The second kappa shape index (κ2) is 5.54. The molecule has 1 aromatic carbocycles. The van der Waals surface area contributed by atoms with Crippen molar-refractivity contribution in [3.05, 3.63) is 29.3 Å². The van der Waals surface area contributed by atoms with Gasteiger partial charge in [0, 0.05) is 6.04 Å². The molecule has 1 aliphatic carbocycles. The zero-order valence-electron chi connectivity index (χ0n) is 10.9. The fourth-order valence-electron chi connectivity index (χ4n) is 2.80. The van der Waals surface area contributed by atoms with E-state index in [1.807, 2.05) is 12.1 Å². The second-order valence-corrected chi connectivity index (χ2v) is 5.13. The summed E-state index contributed by atoms with van der Waals surface area (Å²) in [5.74, 6) is 0.403. The van der Waals surface area contributed by atoms with Gasteiger partial charge in [0.05, 0.1) is 0 Å². The molecule has 2 rings (SSSR count). The highest BCUT2D eigenvalue weighted by molar-refractivity contribution is 5.38. The van der Waals surface area contributed by atoms with Crippen LogP contribution in [0.5, 0.6) is 5.75 Å². The maximum absolute atomic E-state index is 9.54. The molecule has 0 bridgehead atoms. The molecular weight excluding hydrogens is 210 g/mol. The van der Waals surface area contributed by atoms with Crippen LogP contribution in [0.15, 0.2) is 18.2 Å². The van der Waals surface area contributed by atoms with E-state index in [-0.39, 0.29) is 0 Å². The molecule has 0 spiro atoms. The predicted octanol–water partition coefficient (Wildman–Crippen LogP) is 3.50. The quantitative estimate of drug-likeness (QED) is 0.860. The highest BCUT2D eigenvalue weighted by Crippen LogP contribution is 2.35. The van der Waals surface area contributed by atoms with Crippen molar-refractivity contribution in [1.82, 2.24) is 4.90 Å². The molecule has 17 heavy (non-hydrogen) atoms. The lowest BCUT2D eigenvalue weighted by Gasteiger charge is -2.33. The van der Waals surface area contributed by atoms with Crippen LogP contribution in [-0.2, 0) is 6.42 Å². The average molecular weight is 233 g/mol. The van der Waals surface area contributed by atoms with Gasteiger partial charge < -0.3 is 5.11 Å². The van der Waals surface area contributed by atoms with Crippen LogP contribution in [0.25, 0.3) is 0 Å². The molecule has 94 valence electrons. The Balaban J connectivity index is 2.16. The Kier molecular flexibility index (Phi) is 4.06. The summed E-state index contributed by atoms with van der Waals surface area (Å²) >= 11 is 0. The van der Waals surface area contributed by atoms with Crippen molar-refractivity contribution in [3.63, 3.8) is 0 Å². The number of rotatable bonds is 4. The summed E-state index contributed by atoms with van der Waals surface area (Å²) < 4.78 is 0. The molecule has 0 radical (unpaired) electrons. The first-order chi connectivity index (χ1) is 8.22. The van der Waals surface area contributed by atoms with Gasteiger partial charge in [-0.25, -0.2) is 0 Å². The Hall–Kier alpha value is -1.02. The Labute approximate surface area is 104 Å². The van der Waals surface area contributed by atoms with Gasteiger partial charge in [-0.2, -0.15) is 0 Å². The molecule has 1 atom stereocenters. The van der Waals surface area contributed by atoms with Crippen LogP contribution in [-0.4, -0.2) is 23.6 Å². The first-order valence-corrected chi connectivity index (χ1v) is 6.74. The van der Waals surface area contributed by atoms with E-state index in [0.29, 0.717) is 11.8 Å². The monoisotopic (exact) mass is 233 g/mol. The van der Waals surface area contributed by atoms with Crippen molar-refractivity contribution in [3.8, 4) is 5.75 Å². The molecule has 1 N–H and O–H groups in total. The molecule has 0 saturated heterocycles. The van der Waals surface area contributed by atoms with Gasteiger partial charge in [0.2, 0.25) is 0 Å². The van der Waals surface area contributed by atoms with Crippen LogP contribution >= 0.6 is 0 Å². The molecule has 0 aliphatic heterocycles. The predicted molar refractivity (Wildman–Crippen MR) is 71.3 cm³/mol. The SMILES string of the molecule is CCCCN(C)C1CCCc2cc(O)ccc21. The summed E-state index contributed by atoms with van der Waals surface area (Å²) in [6, 6.07) is 6.42. The number of hydrogen-bond donors (Lipinski definition) is 1. The summed E-state index contributed by atoms with van der Waals surface area (Å²) in [6.45, 7) is 3.40. The lowest BCUT2D eigenvalue weighted by Crippen LogP contribution is -2.28. The summed E-state index contributed by atoms with van der Waals surface area (Å²) in [5.41, 5.74) is 2.76. The number of unbranched alkanes of at least 4 members (excludes halogenated alkanes) is 1.